The summed E-state index contributed by atoms with van der Waals surface area (Å²) in [5.74, 6) is 1.39. The van der Waals surface area contributed by atoms with Crippen molar-refractivity contribution in [3.05, 3.63) is 77.1 Å². The number of fused-ring (bicyclic) bond motifs is 7. The van der Waals surface area contributed by atoms with E-state index in [-0.39, 0.29) is 31.6 Å². The Labute approximate surface area is 191 Å². The van der Waals surface area contributed by atoms with Gasteiger partial charge in [-0.2, -0.15) is 0 Å². The van der Waals surface area contributed by atoms with Crippen LogP contribution in [0.25, 0.3) is 22.2 Å². The molecule has 2 aliphatic carbocycles. The van der Waals surface area contributed by atoms with Crippen molar-refractivity contribution in [1.29, 1.82) is 0 Å². The van der Waals surface area contributed by atoms with Gasteiger partial charge >= 0.3 is 0 Å². The maximum Gasteiger partial charge on any atom is 0.155 e. The molecule has 30 heavy (non-hydrogen) atoms. The van der Waals surface area contributed by atoms with Gasteiger partial charge in [-0.25, -0.2) is 0 Å². The molecule has 3 aromatic rings. The summed E-state index contributed by atoms with van der Waals surface area (Å²) in [6, 6.07) is 18.3. The molecule has 2 atom stereocenters. The third kappa shape index (κ3) is 4.40. The SMILES string of the molecule is CC(=O)C=C(C)O.Cc1ccc2nc(-c3[c-]cccc3)c3c(c2c1)C1CCC3C1.[Ir]. The summed E-state index contributed by atoms with van der Waals surface area (Å²) in [5.41, 5.74) is 7.92. The number of aryl methyl sites for hydroxylation is 1. The number of benzene rings is 2. The number of pyridine rings is 1. The van der Waals surface area contributed by atoms with Gasteiger partial charge in [0.05, 0.1) is 11.3 Å². The van der Waals surface area contributed by atoms with Gasteiger partial charge in [0.1, 0.15) is 0 Å². The fraction of sp³-hybridized carbons (Fsp3) is 0.308. The second-order valence-corrected chi connectivity index (χ2v) is 8.19. The minimum Gasteiger partial charge on any atom is -0.512 e. The Kier molecular flexibility index (Phi) is 6.90. The van der Waals surface area contributed by atoms with E-state index in [9.17, 15) is 4.79 Å². The topological polar surface area (TPSA) is 50.2 Å². The van der Waals surface area contributed by atoms with E-state index in [1.165, 1.54) is 61.4 Å². The molecule has 0 aliphatic heterocycles. The minimum atomic E-state index is -0.125. The number of carbonyl (C=O) groups is 1. The van der Waals surface area contributed by atoms with Crippen LogP contribution in [0.15, 0.2) is 54.3 Å². The third-order valence-corrected chi connectivity index (χ3v) is 5.85. The summed E-state index contributed by atoms with van der Waals surface area (Å²) in [6.45, 7) is 5.03. The van der Waals surface area contributed by atoms with Gasteiger partial charge in [-0.15, -0.1) is 35.9 Å². The summed E-state index contributed by atoms with van der Waals surface area (Å²) < 4.78 is 0. The van der Waals surface area contributed by atoms with Crippen molar-refractivity contribution < 1.29 is 30.0 Å². The molecule has 4 heteroatoms. The Morgan fingerprint density at radius 1 is 1.13 bits per heavy atom. The number of nitrogens with zero attached hydrogens (tertiary/aromatic N) is 1. The first-order valence-corrected chi connectivity index (χ1v) is 10.2. The molecule has 0 amide bonds. The van der Waals surface area contributed by atoms with Crippen molar-refractivity contribution in [3.63, 3.8) is 0 Å². The standard InChI is InChI=1S/C21H18N.C5H8O2.Ir/c1-13-7-10-18-17(11-13)19-15-8-9-16(12-15)20(19)21(22-18)14-5-3-2-4-6-14;1-4(6)3-5(2)7;/h2-5,7,10-11,15-16H,8-9,12H2,1H3;3,6H,1-2H3;/q-1;;. The van der Waals surface area contributed by atoms with Crippen molar-refractivity contribution in [3.8, 4) is 11.3 Å². The van der Waals surface area contributed by atoms with Crippen LogP contribution in [0.4, 0.5) is 0 Å². The van der Waals surface area contributed by atoms with Gasteiger partial charge in [-0.3, -0.25) is 9.78 Å². The summed E-state index contributed by atoms with van der Waals surface area (Å²) in [6.07, 6.45) is 5.17. The average Bonchev–Trinajstić information content (AvgIpc) is 3.30. The number of allylic oxidation sites excluding steroid dienone is 2. The maximum absolute atomic E-state index is 10.0. The summed E-state index contributed by atoms with van der Waals surface area (Å²) >= 11 is 0. The minimum absolute atomic E-state index is 0. The second kappa shape index (κ2) is 9.24. The van der Waals surface area contributed by atoms with Crippen LogP contribution in [0.1, 0.15) is 61.6 Å². The molecule has 2 aliphatic rings. The zero-order valence-electron chi connectivity index (χ0n) is 17.5. The van der Waals surface area contributed by atoms with E-state index >= 15 is 0 Å². The van der Waals surface area contributed by atoms with Crippen LogP contribution >= 0.6 is 0 Å². The number of hydrogen-bond acceptors (Lipinski definition) is 3. The normalized spacial score (nSPS) is 19.0. The van der Waals surface area contributed by atoms with Crippen molar-refractivity contribution in [1.82, 2.24) is 4.98 Å². The molecule has 1 fully saturated rings. The Morgan fingerprint density at radius 2 is 1.87 bits per heavy atom. The molecule has 2 unspecified atom stereocenters. The molecular formula is C26H26IrNO2-. The van der Waals surface area contributed by atoms with Crippen LogP contribution in [0.2, 0.25) is 0 Å². The molecule has 0 saturated heterocycles. The Bertz CT molecular complexity index is 1100. The molecule has 1 saturated carbocycles. The van der Waals surface area contributed by atoms with Crippen molar-refractivity contribution in [2.45, 2.75) is 51.9 Å². The summed E-state index contributed by atoms with van der Waals surface area (Å²) in [4.78, 5) is 15.1. The van der Waals surface area contributed by atoms with E-state index in [0.29, 0.717) is 5.92 Å². The zero-order valence-corrected chi connectivity index (χ0v) is 19.9. The van der Waals surface area contributed by atoms with E-state index in [1.807, 2.05) is 12.1 Å². The van der Waals surface area contributed by atoms with Crippen molar-refractivity contribution in [2.75, 3.05) is 0 Å². The van der Waals surface area contributed by atoms with Crippen LogP contribution in [-0.4, -0.2) is 15.9 Å². The molecule has 157 valence electrons. The third-order valence-electron chi connectivity index (χ3n) is 5.85. The van der Waals surface area contributed by atoms with Crippen LogP contribution in [0.5, 0.6) is 0 Å². The van der Waals surface area contributed by atoms with Crippen LogP contribution in [-0.2, 0) is 24.9 Å². The molecular weight excluding hydrogens is 551 g/mol. The van der Waals surface area contributed by atoms with Crippen molar-refractivity contribution >= 4 is 16.7 Å². The fourth-order valence-corrected chi connectivity index (χ4v) is 4.82. The van der Waals surface area contributed by atoms with Gasteiger partial charge in [0.2, 0.25) is 0 Å². The van der Waals surface area contributed by atoms with E-state index in [1.54, 1.807) is 5.56 Å². The van der Waals surface area contributed by atoms with Gasteiger partial charge in [0, 0.05) is 31.6 Å². The quantitative estimate of drug-likeness (QED) is 0.218. The smallest absolute Gasteiger partial charge is 0.155 e. The first kappa shape index (κ1) is 22.4. The van der Waals surface area contributed by atoms with E-state index in [2.05, 4.69) is 43.3 Å². The number of aromatic nitrogens is 1. The van der Waals surface area contributed by atoms with Crippen LogP contribution in [0.3, 0.4) is 0 Å². The largest absolute Gasteiger partial charge is 0.512 e. The first-order chi connectivity index (χ1) is 13.9. The van der Waals surface area contributed by atoms with E-state index in [4.69, 9.17) is 10.1 Å². The van der Waals surface area contributed by atoms with Crippen molar-refractivity contribution in [2.24, 2.45) is 0 Å². The Balaban J connectivity index is 0.000000281. The van der Waals surface area contributed by atoms with Gasteiger partial charge in [0.15, 0.2) is 5.78 Å². The van der Waals surface area contributed by atoms with E-state index in [0.717, 1.165) is 17.0 Å². The molecule has 5 rings (SSSR count). The first-order valence-electron chi connectivity index (χ1n) is 10.2. The predicted molar refractivity (Wildman–Crippen MR) is 117 cm³/mol. The molecule has 1 radical (unpaired) electrons. The maximum atomic E-state index is 10.0. The van der Waals surface area contributed by atoms with Gasteiger partial charge in [0.25, 0.3) is 0 Å². The van der Waals surface area contributed by atoms with E-state index < -0.39 is 0 Å². The number of rotatable bonds is 2. The second-order valence-electron chi connectivity index (χ2n) is 8.19. The number of aliphatic hydroxyl groups excluding tert-OH is 1. The molecule has 3 nitrogen and oxygen atoms in total. The molecule has 0 spiro atoms. The zero-order chi connectivity index (χ0) is 20.5. The number of hydrogen-bond donors (Lipinski definition) is 1. The van der Waals surface area contributed by atoms with Gasteiger partial charge in [-0.05, 0) is 75.3 Å². The molecule has 2 bridgehead atoms. The molecule has 1 N–H and O–H groups in total. The molecule has 2 aromatic carbocycles. The number of ketones is 1. The summed E-state index contributed by atoms with van der Waals surface area (Å²) in [5, 5.41) is 9.75. The predicted octanol–water partition coefficient (Wildman–Crippen LogP) is 6.41. The number of carbonyl (C=O) groups excluding carboxylic acids is 1. The fourth-order valence-electron chi connectivity index (χ4n) is 4.82. The monoisotopic (exact) mass is 577 g/mol. The van der Waals surface area contributed by atoms with Gasteiger partial charge in [-0.1, -0.05) is 17.2 Å². The average molecular weight is 577 g/mol. The van der Waals surface area contributed by atoms with Gasteiger partial charge < -0.3 is 5.11 Å². The Hall–Kier alpha value is -2.29. The van der Waals surface area contributed by atoms with Crippen LogP contribution in [0, 0.1) is 13.0 Å². The number of aliphatic hydroxyl groups is 1. The van der Waals surface area contributed by atoms with Crippen LogP contribution < -0.4 is 0 Å². The Morgan fingerprint density at radius 3 is 2.47 bits per heavy atom. The summed E-state index contributed by atoms with van der Waals surface area (Å²) in [7, 11) is 0. The molecule has 1 heterocycles. The molecule has 1 aromatic heterocycles.